The summed E-state index contributed by atoms with van der Waals surface area (Å²) >= 11 is 0. The number of hydrogen-bond acceptors (Lipinski definition) is 2. The molecule has 2 aromatic carbocycles. The van der Waals surface area contributed by atoms with E-state index in [1.54, 1.807) is 16.7 Å². The molecule has 0 aliphatic rings. The molecule has 23 heavy (non-hydrogen) atoms. The van der Waals surface area contributed by atoms with Crippen LogP contribution in [0.2, 0.25) is 0 Å². The van der Waals surface area contributed by atoms with Gasteiger partial charge in [0.1, 0.15) is 0 Å². The molecule has 0 aliphatic carbocycles. The number of nitrogens with one attached hydrogen (secondary N) is 1. The molecule has 4 heteroatoms. The lowest BCUT2D eigenvalue weighted by molar-refractivity contribution is 0.0952. The number of carbonyl (C=O) groups excluding carboxylic acids is 1. The zero-order chi connectivity index (χ0) is 16.2. The lowest BCUT2D eigenvalue weighted by Crippen LogP contribution is -2.31. The summed E-state index contributed by atoms with van der Waals surface area (Å²) in [7, 11) is 0. The molecule has 0 atom stereocenters. The predicted octanol–water partition coefficient (Wildman–Crippen LogP) is 2.74. The first-order valence-corrected chi connectivity index (χ1v) is 7.59. The average molecular weight is 306 g/mol. The molecule has 1 aromatic heterocycles. The Morgan fingerprint density at radius 1 is 1.04 bits per heavy atom. The molecule has 3 rings (SSSR count). The van der Waals surface area contributed by atoms with Crippen LogP contribution in [0.3, 0.4) is 0 Å². The number of para-hydroxylation sites is 1. The second-order valence-electron chi connectivity index (χ2n) is 5.46. The normalized spacial score (nSPS) is 10.7. The highest BCUT2D eigenvalue weighted by molar-refractivity contribution is 5.94. The van der Waals surface area contributed by atoms with E-state index in [4.69, 9.17) is 0 Å². The third-order valence-electron chi connectivity index (χ3n) is 3.84. The second-order valence-corrected chi connectivity index (χ2v) is 5.46. The molecule has 0 aliphatic heterocycles. The van der Waals surface area contributed by atoms with Gasteiger partial charge in [0.15, 0.2) is 0 Å². The summed E-state index contributed by atoms with van der Waals surface area (Å²) < 4.78 is 1.72. The largest absolute Gasteiger partial charge is 0.350 e. The number of amides is 1. The van der Waals surface area contributed by atoms with Gasteiger partial charge in [-0.3, -0.25) is 9.59 Å². The Kier molecular flexibility index (Phi) is 4.24. The van der Waals surface area contributed by atoms with E-state index in [1.165, 1.54) is 0 Å². The molecule has 0 fully saturated rings. The molecule has 0 saturated carbocycles. The molecule has 0 unspecified atom stereocenters. The molecular weight excluding hydrogens is 288 g/mol. The summed E-state index contributed by atoms with van der Waals surface area (Å²) in [6.07, 6.45) is 0. The van der Waals surface area contributed by atoms with Crippen molar-refractivity contribution in [1.82, 2.24) is 9.88 Å². The summed E-state index contributed by atoms with van der Waals surface area (Å²) in [5, 5.41) is 3.89. The van der Waals surface area contributed by atoms with E-state index in [2.05, 4.69) is 5.32 Å². The van der Waals surface area contributed by atoms with Crippen LogP contribution in [0.5, 0.6) is 0 Å². The molecule has 0 radical (unpaired) electrons. The van der Waals surface area contributed by atoms with Crippen LogP contribution in [0.1, 0.15) is 15.9 Å². The van der Waals surface area contributed by atoms with Crippen LogP contribution >= 0.6 is 0 Å². The van der Waals surface area contributed by atoms with Crippen molar-refractivity contribution in [2.45, 2.75) is 13.5 Å². The number of aromatic nitrogens is 1. The summed E-state index contributed by atoms with van der Waals surface area (Å²) in [4.78, 5) is 24.4. The van der Waals surface area contributed by atoms with Crippen molar-refractivity contribution in [2.24, 2.45) is 0 Å². The summed E-state index contributed by atoms with van der Waals surface area (Å²) in [5.41, 5.74) is 2.20. The highest BCUT2D eigenvalue weighted by Crippen LogP contribution is 2.12. The van der Waals surface area contributed by atoms with E-state index in [9.17, 15) is 9.59 Å². The first-order valence-electron chi connectivity index (χ1n) is 7.59. The van der Waals surface area contributed by atoms with Crippen molar-refractivity contribution in [3.63, 3.8) is 0 Å². The van der Waals surface area contributed by atoms with Crippen LogP contribution in [0.15, 0.2) is 65.5 Å². The van der Waals surface area contributed by atoms with Crippen molar-refractivity contribution in [3.05, 3.63) is 82.1 Å². The minimum Gasteiger partial charge on any atom is -0.350 e. The second kappa shape index (κ2) is 6.48. The van der Waals surface area contributed by atoms with Crippen LogP contribution in [0.25, 0.3) is 10.9 Å². The smallest absolute Gasteiger partial charge is 0.254 e. The molecule has 116 valence electrons. The first kappa shape index (κ1) is 15.0. The summed E-state index contributed by atoms with van der Waals surface area (Å²) in [6, 6.07) is 18.7. The number of fused-ring (bicyclic) bond motifs is 1. The monoisotopic (exact) mass is 306 g/mol. The Bertz CT molecular complexity index is 898. The molecule has 0 bridgehead atoms. The van der Waals surface area contributed by atoms with E-state index in [0.717, 1.165) is 10.9 Å². The van der Waals surface area contributed by atoms with Crippen LogP contribution < -0.4 is 10.9 Å². The van der Waals surface area contributed by atoms with Gasteiger partial charge in [0.05, 0.1) is 5.52 Å². The molecule has 0 spiro atoms. The highest BCUT2D eigenvalue weighted by atomic mass is 16.1. The Morgan fingerprint density at radius 3 is 2.52 bits per heavy atom. The molecule has 3 aromatic rings. The number of benzene rings is 2. The van der Waals surface area contributed by atoms with E-state index < -0.39 is 0 Å². The number of nitrogens with zero attached hydrogens (tertiary/aromatic N) is 1. The van der Waals surface area contributed by atoms with Crippen molar-refractivity contribution < 1.29 is 4.79 Å². The average Bonchev–Trinajstić information content (AvgIpc) is 2.59. The molecule has 1 heterocycles. The van der Waals surface area contributed by atoms with Gasteiger partial charge in [-0.15, -0.1) is 0 Å². The van der Waals surface area contributed by atoms with E-state index in [0.29, 0.717) is 24.2 Å². The number of carbonyl (C=O) groups is 1. The third-order valence-corrected chi connectivity index (χ3v) is 3.84. The Balaban J connectivity index is 1.79. The molecular formula is C19H18N2O2. The van der Waals surface area contributed by atoms with Gasteiger partial charge >= 0.3 is 0 Å². The minimum atomic E-state index is -0.129. The minimum absolute atomic E-state index is 0.0161. The van der Waals surface area contributed by atoms with Gasteiger partial charge in [0.25, 0.3) is 11.5 Å². The van der Waals surface area contributed by atoms with Crippen molar-refractivity contribution >= 4 is 16.8 Å². The molecule has 4 nitrogen and oxygen atoms in total. The first-order chi connectivity index (χ1) is 11.2. The van der Waals surface area contributed by atoms with Crippen molar-refractivity contribution in [1.29, 1.82) is 0 Å². The van der Waals surface area contributed by atoms with Gasteiger partial charge in [0, 0.05) is 24.2 Å². The van der Waals surface area contributed by atoms with Crippen molar-refractivity contribution in [2.75, 3.05) is 6.54 Å². The zero-order valence-electron chi connectivity index (χ0n) is 13.0. The van der Waals surface area contributed by atoms with Crippen LogP contribution in [0, 0.1) is 6.92 Å². The SMILES string of the molecule is Cc1cc2ccccc2n(CCNC(=O)c2ccccc2)c1=O. The standard InChI is InChI=1S/C19H18N2O2/c1-14-13-16-9-5-6-10-17(16)21(19(14)23)12-11-20-18(22)15-7-3-2-4-8-15/h2-10,13H,11-12H2,1H3,(H,20,22). The van der Waals surface area contributed by atoms with Gasteiger partial charge in [0.2, 0.25) is 0 Å². The van der Waals surface area contributed by atoms with Crippen molar-refractivity contribution in [3.8, 4) is 0 Å². The van der Waals surface area contributed by atoms with Gasteiger partial charge < -0.3 is 9.88 Å². The number of rotatable bonds is 4. The number of aryl methyl sites for hydroxylation is 1. The zero-order valence-corrected chi connectivity index (χ0v) is 13.0. The Hall–Kier alpha value is -2.88. The molecule has 1 amide bonds. The van der Waals surface area contributed by atoms with Gasteiger partial charge in [-0.25, -0.2) is 0 Å². The van der Waals surface area contributed by atoms with Crippen LogP contribution in [-0.4, -0.2) is 17.0 Å². The summed E-state index contributed by atoms with van der Waals surface area (Å²) in [6.45, 7) is 2.66. The quantitative estimate of drug-likeness (QED) is 0.806. The number of pyridine rings is 1. The third kappa shape index (κ3) is 3.16. The topological polar surface area (TPSA) is 51.1 Å². The van der Waals surface area contributed by atoms with Crippen LogP contribution in [-0.2, 0) is 6.54 Å². The maximum absolute atomic E-state index is 12.4. The van der Waals surface area contributed by atoms with E-state index in [1.807, 2.05) is 55.5 Å². The molecule has 1 N–H and O–H groups in total. The van der Waals surface area contributed by atoms with Gasteiger partial charge in [-0.05, 0) is 36.6 Å². The van der Waals surface area contributed by atoms with Gasteiger partial charge in [-0.1, -0.05) is 36.4 Å². The van der Waals surface area contributed by atoms with Gasteiger partial charge in [-0.2, -0.15) is 0 Å². The van der Waals surface area contributed by atoms with E-state index >= 15 is 0 Å². The number of hydrogen-bond donors (Lipinski definition) is 1. The maximum Gasteiger partial charge on any atom is 0.254 e. The van der Waals surface area contributed by atoms with Crippen LogP contribution in [0.4, 0.5) is 0 Å². The summed E-state index contributed by atoms with van der Waals surface area (Å²) in [5.74, 6) is -0.129. The van der Waals surface area contributed by atoms with E-state index in [-0.39, 0.29) is 11.5 Å². The lowest BCUT2D eigenvalue weighted by Gasteiger charge is -2.12. The maximum atomic E-state index is 12.4. The highest BCUT2D eigenvalue weighted by Gasteiger charge is 2.07. The fraction of sp³-hybridized carbons (Fsp3) is 0.158. The molecule has 0 saturated heterocycles. The Morgan fingerprint density at radius 2 is 1.74 bits per heavy atom. The fourth-order valence-corrected chi connectivity index (χ4v) is 2.67. The predicted molar refractivity (Wildman–Crippen MR) is 91.7 cm³/mol. The fourth-order valence-electron chi connectivity index (χ4n) is 2.67. The lowest BCUT2D eigenvalue weighted by atomic mass is 10.1. The Labute approximate surface area is 134 Å².